The number of carbonyl (C=O) groups excluding carboxylic acids is 2. The molecule has 0 radical (unpaired) electrons. The molecule has 4 nitrogen and oxygen atoms in total. The summed E-state index contributed by atoms with van der Waals surface area (Å²) in [6.07, 6.45) is 0.242. The maximum atomic E-state index is 12.5. The van der Waals surface area contributed by atoms with Crippen LogP contribution in [0, 0.1) is 5.92 Å². The number of anilines is 2. The Hall–Kier alpha value is -2.14. The molecule has 2 amide bonds. The highest BCUT2D eigenvalue weighted by atomic mass is 79.9. The van der Waals surface area contributed by atoms with Crippen LogP contribution in [0.25, 0.3) is 0 Å². The lowest BCUT2D eigenvalue weighted by molar-refractivity contribution is -0.122. The fraction of sp³-hybridized carbons (Fsp3) is 0.300. The quantitative estimate of drug-likeness (QED) is 0.817. The SMILES string of the molecule is CC(C)c1ccc(NC(=O)[C@@H]2CC(=O)N(c3ccc(Br)cc3)C2)cc1. The first-order valence-electron chi connectivity index (χ1n) is 8.41. The molecule has 1 atom stereocenters. The van der Waals surface area contributed by atoms with Gasteiger partial charge in [-0.25, -0.2) is 0 Å². The van der Waals surface area contributed by atoms with Gasteiger partial charge in [0, 0.05) is 28.8 Å². The van der Waals surface area contributed by atoms with Crippen molar-refractivity contribution in [1.82, 2.24) is 0 Å². The number of nitrogens with one attached hydrogen (secondary N) is 1. The molecule has 0 aliphatic carbocycles. The summed E-state index contributed by atoms with van der Waals surface area (Å²) in [5.74, 6) is 0.000446. The number of hydrogen-bond donors (Lipinski definition) is 1. The van der Waals surface area contributed by atoms with Gasteiger partial charge in [0.25, 0.3) is 0 Å². The molecular formula is C20H21BrN2O2. The van der Waals surface area contributed by atoms with E-state index in [0.29, 0.717) is 12.5 Å². The maximum Gasteiger partial charge on any atom is 0.229 e. The Kier molecular flexibility index (Phi) is 5.23. The summed E-state index contributed by atoms with van der Waals surface area (Å²) in [6.45, 7) is 4.68. The summed E-state index contributed by atoms with van der Waals surface area (Å²) < 4.78 is 0.960. The molecule has 1 aliphatic rings. The van der Waals surface area contributed by atoms with Gasteiger partial charge in [0.15, 0.2) is 0 Å². The third-order valence-electron chi connectivity index (χ3n) is 4.48. The monoisotopic (exact) mass is 400 g/mol. The van der Waals surface area contributed by atoms with E-state index in [9.17, 15) is 9.59 Å². The van der Waals surface area contributed by atoms with Crippen molar-refractivity contribution in [2.45, 2.75) is 26.2 Å². The first kappa shape index (κ1) is 17.7. The molecule has 1 saturated heterocycles. The zero-order valence-corrected chi connectivity index (χ0v) is 15.9. The molecule has 25 heavy (non-hydrogen) atoms. The molecule has 2 aromatic rings. The van der Waals surface area contributed by atoms with Crippen molar-refractivity contribution in [3.63, 3.8) is 0 Å². The second-order valence-electron chi connectivity index (χ2n) is 6.65. The number of hydrogen-bond acceptors (Lipinski definition) is 2. The molecule has 130 valence electrons. The Bertz CT molecular complexity index is 769. The minimum atomic E-state index is -0.332. The van der Waals surface area contributed by atoms with E-state index in [2.05, 4.69) is 35.1 Å². The minimum Gasteiger partial charge on any atom is -0.326 e. The highest BCUT2D eigenvalue weighted by Gasteiger charge is 2.35. The highest BCUT2D eigenvalue weighted by Crippen LogP contribution is 2.27. The maximum absolute atomic E-state index is 12.5. The zero-order valence-electron chi connectivity index (χ0n) is 14.3. The van der Waals surface area contributed by atoms with Gasteiger partial charge in [-0.05, 0) is 47.9 Å². The van der Waals surface area contributed by atoms with Crippen LogP contribution in [0.3, 0.4) is 0 Å². The van der Waals surface area contributed by atoms with E-state index in [1.54, 1.807) is 4.90 Å². The van der Waals surface area contributed by atoms with Crippen molar-refractivity contribution >= 4 is 39.1 Å². The Balaban J connectivity index is 1.65. The van der Waals surface area contributed by atoms with Crippen LogP contribution in [0.5, 0.6) is 0 Å². The van der Waals surface area contributed by atoms with Crippen LogP contribution in [-0.4, -0.2) is 18.4 Å². The summed E-state index contributed by atoms with van der Waals surface area (Å²) in [6, 6.07) is 15.4. The van der Waals surface area contributed by atoms with E-state index in [-0.39, 0.29) is 24.2 Å². The van der Waals surface area contributed by atoms with Crippen LogP contribution >= 0.6 is 15.9 Å². The van der Waals surface area contributed by atoms with E-state index in [1.807, 2.05) is 48.5 Å². The molecule has 1 heterocycles. The second kappa shape index (κ2) is 7.40. The van der Waals surface area contributed by atoms with Crippen LogP contribution in [-0.2, 0) is 9.59 Å². The Morgan fingerprint density at radius 2 is 1.76 bits per heavy atom. The molecule has 5 heteroatoms. The number of benzene rings is 2. The molecule has 2 aromatic carbocycles. The molecular weight excluding hydrogens is 380 g/mol. The van der Waals surface area contributed by atoms with E-state index in [4.69, 9.17) is 0 Å². The minimum absolute atomic E-state index is 0.0161. The van der Waals surface area contributed by atoms with Crippen molar-refractivity contribution in [3.8, 4) is 0 Å². The molecule has 0 bridgehead atoms. The smallest absolute Gasteiger partial charge is 0.229 e. The van der Waals surface area contributed by atoms with Crippen molar-refractivity contribution < 1.29 is 9.59 Å². The third kappa shape index (κ3) is 4.10. The van der Waals surface area contributed by atoms with Gasteiger partial charge in [0.2, 0.25) is 11.8 Å². The predicted molar refractivity (Wildman–Crippen MR) is 104 cm³/mol. The van der Waals surface area contributed by atoms with Gasteiger partial charge in [-0.2, -0.15) is 0 Å². The van der Waals surface area contributed by atoms with Crippen molar-refractivity contribution in [1.29, 1.82) is 0 Å². The van der Waals surface area contributed by atoms with E-state index >= 15 is 0 Å². The number of nitrogens with zero attached hydrogens (tertiary/aromatic N) is 1. The van der Waals surface area contributed by atoms with Crippen LogP contribution in [0.1, 0.15) is 31.7 Å². The molecule has 0 unspecified atom stereocenters. The normalized spacial score (nSPS) is 17.2. The van der Waals surface area contributed by atoms with Crippen molar-refractivity contribution in [2.75, 3.05) is 16.8 Å². The highest BCUT2D eigenvalue weighted by molar-refractivity contribution is 9.10. The average molecular weight is 401 g/mol. The van der Waals surface area contributed by atoms with Gasteiger partial charge >= 0.3 is 0 Å². The number of carbonyl (C=O) groups is 2. The van der Waals surface area contributed by atoms with E-state index in [0.717, 1.165) is 15.8 Å². The molecule has 1 aliphatic heterocycles. The van der Waals surface area contributed by atoms with Crippen LogP contribution in [0.15, 0.2) is 53.0 Å². The lowest BCUT2D eigenvalue weighted by atomic mass is 10.0. The molecule has 3 rings (SSSR count). The summed E-state index contributed by atoms with van der Waals surface area (Å²) in [5.41, 5.74) is 2.82. The van der Waals surface area contributed by atoms with Gasteiger partial charge < -0.3 is 10.2 Å². The van der Waals surface area contributed by atoms with Gasteiger partial charge in [0.1, 0.15) is 0 Å². The van der Waals surface area contributed by atoms with Crippen molar-refractivity contribution in [2.24, 2.45) is 5.92 Å². The fourth-order valence-corrected chi connectivity index (χ4v) is 3.21. The summed E-state index contributed by atoms with van der Waals surface area (Å²) in [4.78, 5) is 26.5. The molecule has 0 saturated carbocycles. The first-order chi connectivity index (χ1) is 11.9. The summed E-state index contributed by atoms with van der Waals surface area (Å²) >= 11 is 3.39. The first-order valence-corrected chi connectivity index (χ1v) is 9.20. The van der Waals surface area contributed by atoms with Gasteiger partial charge in [-0.15, -0.1) is 0 Å². The summed E-state index contributed by atoms with van der Waals surface area (Å²) in [5, 5.41) is 2.93. The van der Waals surface area contributed by atoms with Crippen LogP contribution in [0.4, 0.5) is 11.4 Å². The lowest BCUT2D eigenvalue weighted by Crippen LogP contribution is -2.28. The molecule has 1 fully saturated rings. The Labute approximate surface area is 156 Å². The lowest BCUT2D eigenvalue weighted by Gasteiger charge is -2.17. The third-order valence-corrected chi connectivity index (χ3v) is 5.01. The molecule has 1 N–H and O–H groups in total. The van der Waals surface area contributed by atoms with Crippen LogP contribution < -0.4 is 10.2 Å². The fourth-order valence-electron chi connectivity index (χ4n) is 2.95. The Morgan fingerprint density at radius 1 is 1.12 bits per heavy atom. The molecule has 0 spiro atoms. The standard InChI is InChI=1S/C20H21BrN2O2/c1-13(2)14-3-7-17(8-4-14)22-20(25)15-11-19(24)23(12-15)18-9-5-16(21)6-10-18/h3-10,13,15H,11-12H2,1-2H3,(H,22,25)/t15-/m1/s1. The number of amides is 2. The van der Waals surface area contributed by atoms with E-state index < -0.39 is 0 Å². The largest absolute Gasteiger partial charge is 0.326 e. The zero-order chi connectivity index (χ0) is 18.0. The molecule has 0 aromatic heterocycles. The van der Waals surface area contributed by atoms with Gasteiger partial charge in [-0.3, -0.25) is 9.59 Å². The summed E-state index contributed by atoms with van der Waals surface area (Å²) in [7, 11) is 0. The number of rotatable bonds is 4. The van der Waals surface area contributed by atoms with Gasteiger partial charge in [-0.1, -0.05) is 41.9 Å². The number of halogens is 1. The second-order valence-corrected chi connectivity index (χ2v) is 7.56. The van der Waals surface area contributed by atoms with Crippen molar-refractivity contribution in [3.05, 3.63) is 58.6 Å². The van der Waals surface area contributed by atoms with Crippen LogP contribution in [0.2, 0.25) is 0 Å². The van der Waals surface area contributed by atoms with E-state index in [1.165, 1.54) is 5.56 Å². The predicted octanol–water partition coefficient (Wildman–Crippen LogP) is 4.56. The van der Waals surface area contributed by atoms with Gasteiger partial charge in [0.05, 0.1) is 5.92 Å². The Morgan fingerprint density at radius 3 is 2.36 bits per heavy atom. The topological polar surface area (TPSA) is 49.4 Å². The average Bonchev–Trinajstić information content (AvgIpc) is 2.98.